The largest absolute Gasteiger partial charge is 0.382 e. The average molecular weight is 305 g/mol. The molecule has 21 heavy (non-hydrogen) atoms. The quantitative estimate of drug-likeness (QED) is 0.880. The lowest BCUT2D eigenvalue weighted by molar-refractivity contribution is 0.601. The summed E-state index contributed by atoms with van der Waals surface area (Å²) in [5.74, 6) is 0.387. The van der Waals surface area contributed by atoms with Crippen LogP contribution in [0.4, 0.5) is 10.1 Å². The molecular formula is C17H20FNOS. The van der Waals surface area contributed by atoms with Crippen molar-refractivity contribution in [1.29, 1.82) is 0 Å². The third-order valence-electron chi connectivity index (χ3n) is 3.19. The van der Waals surface area contributed by atoms with Gasteiger partial charge in [-0.05, 0) is 42.7 Å². The Kier molecular flexibility index (Phi) is 5.51. The highest BCUT2D eigenvalue weighted by atomic mass is 32.2. The van der Waals surface area contributed by atoms with Crippen molar-refractivity contribution in [2.75, 3.05) is 11.6 Å². The lowest BCUT2D eigenvalue weighted by Gasteiger charge is -2.16. The molecule has 0 saturated heterocycles. The van der Waals surface area contributed by atoms with Gasteiger partial charge in [-0.15, -0.1) is 0 Å². The van der Waals surface area contributed by atoms with E-state index in [-0.39, 0.29) is 11.9 Å². The third-order valence-corrected chi connectivity index (χ3v) is 3.93. The van der Waals surface area contributed by atoms with Crippen molar-refractivity contribution in [1.82, 2.24) is 0 Å². The van der Waals surface area contributed by atoms with Gasteiger partial charge in [-0.2, -0.15) is 0 Å². The third kappa shape index (κ3) is 4.97. The van der Waals surface area contributed by atoms with E-state index < -0.39 is 10.8 Å². The molecule has 0 heterocycles. The topological polar surface area (TPSA) is 29.1 Å². The van der Waals surface area contributed by atoms with Crippen LogP contribution in [-0.2, 0) is 23.0 Å². The second-order valence-corrected chi connectivity index (χ2v) is 6.69. The summed E-state index contributed by atoms with van der Waals surface area (Å²) in [7, 11) is -0.849. The first kappa shape index (κ1) is 15.7. The number of rotatable bonds is 6. The molecule has 0 saturated carbocycles. The maximum atomic E-state index is 13.6. The molecule has 1 N–H and O–H groups in total. The summed E-state index contributed by atoms with van der Waals surface area (Å²) < 4.78 is 24.9. The number of halogens is 1. The Labute approximate surface area is 127 Å². The summed E-state index contributed by atoms with van der Waals surface area (Å²) in [5, 5.41) is 3.37. The molecule has 0 aromatic heterocycles. The Bertz CT molecular complexity index is 630. The van der Waals surface area contributed by atoms with Gasteiger partial charge < -0.3 is 5.32 Å². The molecular weight excluding hydrogens is 285 g/mol. The zero-order valence-corrected chi connectivity index (χ0v) is 13.1. The van der Waals surface area contributed by atoms with Gasteiger partial charge in [0.1, 0.15) is 5.82 Å². The van der Waals surface area contributed by atoms with Gasteiger partial charge in [-0.1, -0.05) is 30.3 Å². The molecule has 2 rings (SSSR count). The molecule has 0 bridgehead atoms. The first-order valence-electron chi connectivity index (χ1n) is 6.93. The fourth-order valence-corrected chi connectivity index (χ4v) is 2.96. The van der Waals surface area contributed by atoms with E-state index >= 15 is 0 Å². The first-order chi connectivity index (χ1) is 10.0. The van der Waals surface area contributed by atoms with E-state index in [1.165, 1.54) is 6.07 Å². The Morgan fingerprint density at radius 1 is 1.19 bits per heavy atom. The number of hydrogen-bond acceptors (Lipinski definition) is 2. The fourth-order valence-electron chi connectivity index (χ4n) is 2.31. The van der Waals surface area contributed by atoms with Gasteiger partial charge in [0.15, 0.2) is 0 Å². The van der Waals surface area contributed by atoms with Crippen LogP contribution in [0.15, 0.2) is 48.5 Å². The highest BCUT2D eigenvalue weighted by molar-refractivity contribution is 7.83. The molecule has 0 aliphatic heterocycles. The second-order valence-electron chi connectivity index (χ2n) is 5.26. The summed E-state index contributed by atoms with van der Waals surface area (Å²) in [6.07, 6.45) is 2.32. The van der Waals surface area contributed by atoms with Crippen molar-refractivity contribution in [3.8, 4) is 0 Å². The van der Waals surface area contributed by atoms with Crippen LogP contribution in [-0.4, -0.2) is 16.5 Å². The Morgan fingerprint density at radius 2 is 1.95 bits per heavy atom. The molecule has 0 spiro atoms. The smallest absolute Gasteiger partial charge is 0.126 e. The maximum absolute atomic E-state index is 13.6. The van der Waals surface area contributed by atoms with Crippen LogP contribution >= 0.6 is 0 Å². The van der Waals surface area contributed by atoms with Crippen LogP contribution in [0.25, 0.3) is 0 Å². The minimum absolute atomic E-state index is 0.115. The molecule has 2 atom stereocenters. The molecule has 0 amide bonds. The van der Waals surface area contributed by atoms with E-state index in [2.05, 4.69) is 5.32 Å². The molecule has 0 aliphatic rings. The van der Waals surface area contributed by atoms with E-state index in [0.29, 0.717) is 17.7 Å². The number of nitrogens with one attached hydrogen (secondary N) is 1. The van der Waals surface area contributed by atoms with E-state index in [4.69, 9.17) is 0 Å². The summed E-state index contributed by atoms with van der Waals surface area (Å²) in [6.45, 7) is 2.02. The predicted octanol–water partition coefficient (Wildman–Crippen LogP) is 3.75. The summed E-state index contributed by atoms with van der Waals surface area (Å²) in [5.41, 5.74) is 2.73. The summed E-state index contributed by atoms with van der Waals surface area (Å²) >= 11 is 0. The van der Waals surface area contributed by atoms with E-state index in [1.54, 1.807) is 12.3 Å². The van der Waals surface area contributed by atoms with Gasteiger partial charge in [0.05, 0.1) is 0 Å². The van der Waals surface area contributed by atoms with Crippen LogP contribution in [0.5, 0.6) is 0 Å². The van der Waals surface area contributed by atoms with Crippen LogP contribution in [0, 0.1) is 5.82 Å². The Morgan fingerprint density at radius 3 is 2.67 bits per heavy atom. The summed E-state index contributed by atoms with van der Waals surface area (Å²) in [6, 6.07) is 14.8. The van der Waals surface area contributed by atoms with Crippen molar-refractivity contribution in [3.05, 3.63) is 65.5 Å². The molecule has 2 nitrogen and oxygen atoms in total. The van der Waals surface area contributed by atoms with E-state index in [0.717, 1.165) is 11.3 Å². The lowest BCUT2D eigenvalue weighted by Crippen LogP contribution is -2.18. The second kappa shape index (κ2) is 7.36. The average Bonchev–Trinajstić information content (AvgIpc) is 2.41. The Balaban J connectivity index is 2.01. The maximum Gasteiger partial charge on any atom is 0.126 e. The molecule has 4 heteroatoms. The molecule has 0 fully saturated rings. The number of hydrogen-bond donors (Lipinski definition) is 1. The van der Waals surface area contributed by atoms with Crippen LogP contribution in [0.2, 0.25) is 0 Å². The molecule has 2 aromatic carbocycles. The zero-order valence-electron chi connectivity index (χ0n) is 12.3. The minimum Gasteiger partial charge on any atom is -0.382 e. The normalized spacial score (nSPS) is 13.7. The molecule has 0 radical (unpaired) electrons. The molecule has 2 aromatic rings. The minimum atomic E-state index is -0.849. The molecule has 0 aliphatic carbocycles. The zero-order chi connectivity index (χ0) is 15.2. The fraction of sp³-hybridized carbons (Fsp3) is 0.294. The van der Waals surface area contributed by atoms with Crippen molar-refractivity contribution in [3.63, 3.8) is 0 Å². The van der Waals surface area contributed by atoms with Crippen LogP contribution in [0.3, 0.4) is 0 Å². The number of benzene rings is 2. The van der Waals surface area contributed by atoms with Gasteiger partial charge in [-0.25, -0.2) is 4.39 Å². The van der Waals surface area contributed by atoms with Crippen molar-refractivity contribution in [2.45, 2.75) is 25.1 Å². The van der Waals surface area contributed by atoms with Crippen LogP contribution in [0.1, 0.15) is 18.1 Å². The monoisotopic (exact) mass is 305 g/mol. The van der Waals surface area contributed by atoms with Gasteiger partial charge >= 0.3 is 0 Å². The Hall–Kier alpha value is -1.68. The number of anilines is 1. The van der Waals surface area contributed by atoms with Gasteiger partial charge in [0.2, 0.25) is 0 Å². The standard InChI is InChI=1S/C17H20FNOS/c1-13(10-15-7-3-4-9-17(15)18)19-16-8-5-6-14(11-16)12-21(2)20/h3-9,11,13,19H,10,12H2,1-2H3/t13-,21-/m0/s1. The summed E-state index contributed by atoms with van der Waals surface area (Å²) in [4.78, 5) is 0. The SMILES string of the molecule is C[C@@H](Cc1ccccc1F)Nc1cccc(C[S@](C)=O)c1. The van der Waals surface area contributed by atoms with E-state index in [1.807, 2.05) is 43.3 Å². The van der Waals surface area contributed by atoms with Gasteiger partial charge in [-0.3, -0.25) is 4.21 Å². The lowest BCUT2D eigenvalue weighted by atomic mass is 10.1. The van der Waals surface area contributed by atoms with Crippen molar-refractivity contribution < 1.29 is 8.60 Å². The van der Waals surface area contributed by atoms with Gasteiger partial charge in [0.25, 0.3) is 0 Å². The molecule has 112 valence electrons. The van der Waals surface area contributed by atoms with Gasteiger partial charge in [0, 0.05) is 34.5 Å². The molecule has 0 unspecified atom stereocenters. The van der Waals surface area contributed by atoms with Crippen molar-refractivity contribution in [2.24, 2.45) is 0 Å². The van der Waals surface area contributed by atoms with Crippen LogP contribution < -0.4 is 5.32 Å². The predicted molar refractivity (Wildman–Crippen MR) is 87.4 cm³/mol. The highest BCUT2D eigenvalue weighted by Crippen LogP contribution is 2.16. The first-order valence-corrected chi connectivity index (χ1v) is 8.66. The van der Waals surface area contributed by atoms with E-state index in [9.17, 15) is 8.60 Å². The highest BCUT2D eigenvalue weighted by Gasteiger charge is 2.08. The van der Waals surface area contributed by atoms with Crippen molar-refractivity contribution >= 4 is 16.5 Å².